The highest BCUT2D eigenvalue weighted by Gasteiger charge is 2.31. The van der Waals surface area contributed by atoms with E-state index in [4.69, 9.17) is 10.1 Å². The normalized spacial score (nSPS) is 14.3. The zero-order chi connectivity index (χ0) is 21.8. The van der Waals surface area contributed by atoms with Crippen molar-refractivity contribution in [2.45, 2.75) is 44.0 Å². The Hall–Kier alpha value is -3.03. The molecule has 0 radical (unpaired) electrons. The first-order chi connectivity index (χ1) is 14.8. The molecule has 4 aromatic rings. The Bertz CT molecular complexity index is 1400. The van der Waals surface area contributed by atoms with Gasteiger partial charge >= 0.3 is 0 Å². The fourth-order valence-electron chi connectivity index (χ4n) is 4.31. The molecule has 158 valence electrons. The molecule has 6 nitrogen and oxygen atoms in total. The van der Waals surface area contributed by atoms with Crippen molar-refractivity contribution < 1.29 is 8.42 Å². The summed E-state index contributed by atoms with van der Waals surface area (Å²) in [6, 6.07) is 15.6. The number of hydrogen-bond donors (Lipinski definition) is 1. The van der Waals surface area contributed by atoms with Gasteiger partial charge in [-0.25, -0.2) is 18.5 Å². The second-order valence-corrected chi connectivity index (χ2v) is 9.82. The lowest BCUT2D eigenvalue weighted by Crippen LogP contribution is -2.14. The van der Waals surface area contributed by atoms with E-state index in [-0.39, 0.29) is 4.90 Å². The van der Waals surface area contributed by atoms with Gasteiger partial charge in [-0.1, -0.05) is 42.5 Å². The number of hydrogen-bond acceptors (Lipinski definition) is 4. The molecular weight excluding hydrogens is 408 g/mol. The van der Waals surface area contributed by atoms with Crippen LogP contribution >= 0.6 is 0 Å². The van der Waals surface area contributed by atoms with Gasteiger partial charge in [-0.2, -0.15) is 0 Å². The van der Waals surface area contributed by atoms with E-state index in [1.54, 1.807) is 13.0 Å². The summed E-state index contributed by atoms with van der Waals surface area (Å²) in [5.41, 5.74) is 6.80. The number of rotatable bonds is 5. The maximum Gasteiger partial charge on any atom is 0.238 e. The minimum Gasteiger partial charge on any atom is -0.323 e. The van der Waals surface area contributed by atoms with Crippen molar-refractivity contribution >= 4 is 21.1 Å². The maximum atomic E-state index is 11.8. The van der Waals surface area contributed by atoms with Crippen LogP contribution in [0.2, 0.25) is 0 Å². The van der Waals surface area contributed by atoms with Crippen LogP contribution in [0.3, 0.4) is 0 Å². The summed E-state index contributed by atoms with van der Waals surface area (Å²) < 4.78 is 25.9. The molecule has 0 spiro atoms. The lowest BCUT2D eigenvalue weighted by Gasteiger charge is -2.14. The average molecular weight is 433 g/mol. The van der Waals surface area contributed by atoms with Gasteiger partial charge < -0.3 is 4.57 Å². The van der Waals surface area contributed by atoms with E-state index in [1.807, 2.05) is 43.5 Å². The smallest absolute Gasteiger partial charge is 0.238 e. The molecule has 2 N–H and O–H groups in total. The van der Waals surface area contributed by atoms with Crippen LogP contribution in [0.4, 0.5) is 0 Å². The van der Waals surface area contributed by atoms with Gasteiger partial charge in [0.05, 0.1) is 16.6 Å². The fraction of sp³-hybridized carbons (Fsp3) is 0.250. The number of nitrogens with two attached hydrogens (primary N) is 1. The first-order valence-electron chi connectivity index (χ1n) is 10.4. The van der Waals surface area contributed by atoms with Gasteiger partial charge in [0.2, 0.25) is 10.0 Å². The minimum absolute atomic E-state index is 0.166. The van der Waals surface area contributed by atoms with E-state index in [2.05, 4.69) is 21.7 Å². The fourth-order valence-corrected chi connectivity index (χ4v) is 5.08. The lowest BCUT2D eigenvalue weighted by atomic mass is 10.0. The predicted octanol–water partition coefficient (Wildman–Crippen LogP) is 4.29. The number of fused-ring (bicyclic) bond motifs is 1. The Morgan fingerprint density at radius 3 is 2.48 bits per heavy atom. The van der Waals surface area contributed by atoms with Crippen LogP contribution in [-0.2, 0) is 16.6 Å². The molecule has 0 aliphatic heterocycles. The van der Waals surface area contributed by atoms with Gasteiger partial charge in [0, 0.05) is 23.7 Å². The summed E-state index contributed by atoms with van der Waals surface area (Å²) in [5, 5.41) is 5.34. The van der Waals surface area contributed by atoms with Gasteiger partial charge in [-0.05, 0) is 49.4 Å². The number of benzene rings is 2. The number of sulfonamides is 1. The summed E-state index contributed by atoms with van der Waals surface area (Å²) in [6.07, 6.45) is 4.13. The van der Waals surface area contributed by atoms with Crippen molar-refractivity contribution in [3.8, 4) is 11.1 Å². The molecular formula is C24H24N4O2S. The van der Waals surface area contributed by atoms with Gasteiger partial charge in [0.1, 0.15) is 11.3 Å². The van der Waals surface area contributed by atoms with Crippen LogP contribution in [0.15, 0.2) is 59.6 Å². The molecule has 7 heteroatoms. The third kappa shape index (κ3) is 3.64. The van der Waals surface area contributed by atoms with Crippen molar-refractivity contribution in [2.75, 3.05) is 0 Å². The third-order valence-electron chi connectivity index (χ3n) is 5.89. The summed E-state index contributed by atoms with van der Waals surface area (Å²) in [7, 11) is -3.73. The second-order valence-electron chi connectivity index (χ2n) is 8.29. The summed E-state index contributed by atoms with van der Waals surface area (Å²) in [4.78, 5) is 9.75. The second kappa shape index (κ2) is 7.28. The van der Waals surface area contributed by atoms with Crippen LogP contribution in [0.5, 0.6) is 0 Å². The van der Waals surface area contributed by atoms with Crippen molar-refractivity contribution in [2.24, 2.45) is 5.14 Å². The Morgan fingerprint density at radius 2 is 1.84 bits per heavy atom. The highest BCUT2D eigenvalue weighted by Crippen LogP contribution is 2.42. The van der Waals surface area contributed by atoms with E-state index in [9.17, 15) is 8.42 Å². The zero-order valence-electron chi connectivity index (χ0n) is 17.5. The van der Waals surface area contributed by atoms with Crippen LogP contribution in [0.1, 0.15) is 41.4 Å². The highest BCUT2D eigenvalue weighted by atomic mass is 32.2. The van der Waals surface area contributed by atoms with E-state index >= 15 is 0 Å². The third-order valence-corrected chi connectivity index (χ3v) is 6.97. The molecule has 2 heterocycles. The van der Waals surface area contributed by atoms with Gasteiger partial charge in [-0.3, -0.25) is 4.98 Å². The van der Waals surface area contributed by atoms with Crippen LogP contribution in [-0.4, -0.2) is 23.0 Å². The van der Waals surface area contributed by atoms with Crippen molar-refractivity contribution in [3.63, 3.8) is 0 Å². The van der Waals surface area contributed by atoms with Crippen molar-refractivity contribution in [1.82, 2.24) is 14.5 Å². The molecule has 2 aromatic carbocycles. The number of aryl methyl sites for hydroxylation is 2. The van der Waals surface area contributed by atoms with Gasteiger partial charge in [-0.15, -0.1) is 0 Å². The minimum atomic E-state index is -3.73. The summed E-state index contributed by atoms with van der Waals surface area (Å²) in [5.74, 6) is 1.54. The van der Waals surface area contributed by atoms with E-state index in [0.29, 0.717) is 18.0 Å². The predicted molar refractivity (Wildman–Crippen MR) is 121 cm³/mol. The van der Waals surface area contributed by atoms with Gasteiger partial charge in [0.25, 0.3) is 0 Å². The summed E-state index contributed by atoms with van der Waals surface area (Å²) in [6.45, 7) is 4.42. The standard InChI is InChI=1S/C24H24N4O2S/c1-15-12-17(8-11-21(15)31(25,29)30)14-28-23-20(27-24(28)19-9-10-19)13-26-16(2)22(23)18-6-4-3-5-7-18/h3-8,11-13,19H,9-10,14H2,1-2H3,(H2,25,29,30). The number of imidazole rings is 1. The molecule has 1 aliphatic rings. The SMILES string of the molecule is Cc1cc(Cn2c(C3CC3)nc3cnc(C)c(-c4ccccc4)c32)ccc1S(N)(=O)=O. The van der Waals surface area contributed by atoms with Gasteiger partial charge in [0.15, 0.2) is 0 Å². The van der Waals surface area contributed by atoms with E-state index in [0.717, 1.165) is 52.1 Å². The largest absolute Gasteiger partial charge is 0.323 e. The molecule has 0 unspecified atom stereocenters. The molecule has 1 aliphatic carbocycles. The number of pyridine rings is 1. The molecule has 1 saturated carbocycles. The molecule has 0 atom stereocenters. The Balaban J connectivity index is 1.70. The van der Waals surface area contributed by atoms with Crippen LogP contribution < -0.4 is 5.14 Å². The number of aromatic nitrogens is 3. The first-order valence-corrected chi connectivity index (χ1v) is 11.9. The van der Waals surface area contributed by atoms with E-state index in [1.165, 1.54) is 0 Å². The lowest BCUT2D eigenvalue weighted by molar-refractivity contribution is 0.597. The van der Waals surface area contributed by atoms with Crippen LogP contribution in [0, 0.1) is 13.8 Å². The Morgan fingerprint density at radius 1 is 1.10 bits per heavy atom. The van der Waals surface area contributed by atoms with Crippen LogP contribution in [0.25, 0.3) is 22.2 Å². The Kier molecular flexibility index (Phi) is 4.68. The first kappa shape index (κ1) is 19.9. The molecule has 0 amide bonds. The quantitative estimate of drug-likeness (QED) is 0.509. The molecule has 0 saturated heterocycles. The number of nitrogens with zero attached hydrogens (tertiary/aromatic N) is 3. The van der Waals surface area contributed by atoms with Crippen molar-refractivity contribution in [3.05, 3.63) is 77.4 Å². The monoisotopic (exact) mass is 432 g/mol. The average Bonchev–Trinajstić information content (AvgIpc) is 3.51. The molecule has 5 rings (SSSR count). The highest BCUT2D eigenvalue weighted by molar-refractivity contribution is 7.89. The Labute approximate surface area is 181 Å². The maximum absolute atomic E-state index is 11.8. The number of primary sulfonamides is 1. The molecule has 31 heavy (non-hydrogen) atoms. The van der Waals surface area contributed by atoms with E-state index < -0.39 is 10.0 Å². The van der Waals surface area contributed by atoms with Crippen molar-refractivity contribution in [1.29, 1.82) is 0 Å². The topological polar surface area (TPSA) is 90.9 Å². The summed E-state index contributed by atoms with van der Waals surface area (Å²) >= 11 is 0. The molecule has 1 fully saturated rings. The molecule has 0 bridgehead atoms. The molecule has 2 aromatic heterocycles. The zero-order valence-corrected chi connectivity index (χ0v) is 18.4.